The molecule has 0 bridgehead atoms. The van der Waals surface area contributed by atoms with Gasteiger partial charge in [-0.3, -0.25) is 0 Å². The van der Waals surface area contributed by atoms with Crippen molar-refractivity contribution in [1.29, 1.82) is 0 Å². The standard InChI is InChI=1S/C28H32F2/c1-2-3-4-20-5-7-21(8-6-20)22-9-11-23(12-10-22)24-13-15-25(16-14-24)26-17-18-27(29)28(30)19-26/h2,5,13-19,21-23H,1,3-4,6-12H2. The second-order valence-electron chi connectivity index (χ2n) is 9.09. The largest absolute Gasteiger partial charge is 0.204 e. The van der Waals surface area contributed by atoms with Crippen LogP contribution in [0.4, 0.5) is 8.78 Å². The number of halogens is 2. The summed E-state index contributed by atoms with van der Waals surface area (Å²) in [5.41, 5.74) is 4.69. The van der Waals surface area contributed by atoms with Crippen LogP contribution in [0.25, 0.3) is 11.1 Å². The van der Waals surface area contributed by atoms with Crippen LogP contribution in [0.5, 0.6) is 0 Å². The van der Waals surface area contributed by atoms with E-state index in [4.69, 9.17) is 0 Å². The molecule has 0 spiro atoms. The summed E-state index contributed by atoms with van der Waals surface area (Å²) in [6.07, 6.45) is 15.9. The highest BCUT2D eigenvalue weighted by molar-refractivity contribution is 5.63. The molecule has 2 aliphatic rings. The van der Waals surface area contributed by atoms with Gasteiger partial charge in [-0.2, -0.15) is 0 Å². The predicted octanol–water partition coefficient (Wildman–Crippen LogP) is 8.60. The maximum Gasteiger partial charge on any atom is 0.159 e. The Morgan fingerprint density at radius 2 is 1.57 bits per heavy atom. The van der Waals surface area contributed by atoms with Crippen molar-refractivity contribution in [3.05, 3.63) is 84.0 Å². The molecule has 4 rings (SSSR count). The Bertz CT molecular complexity index is 885. The maximum atomic E-state index is 13.5. The Balaban J connectivity index is 1.31. The number of rotatable bonds is 6. The quantitative estimate of drug-likeness (QED) is 0.421. The van der Waals surface area contributed by atoms with Crippen molar-refractivity contribution in [2.75, 3.05) is 0 Å². The third-order valence-corrected chi connectivity index (χ3v) is 7.29. The van der Waals surface area contributed by atoms with E-state index in [0.717, 1.165) is 29.4 Å². The van der Waals surface area contributed by atoms with Gasteiger partial charge in [-0.25, -0.2) is 8.78 Å². The normalized spacial score (nSPS) is 24.3. The van der Waals surface area contributed by atoms with E-state index in [-0.39, 0.29) is 0 Å². The maximum absolute atomic E-state index is 13.5. The fourth-order valence-corrected chi connectivity index (χ4v) is 5.40. The molecule has 2 heteroatoms. The summed E-state index contributed by atoms with van der Waals surface area (Å²) in [7, 11) is 0. The molecule has 2 aliphatic carbocycles. The van der Waals surface area contributed by atoms with Crippen LogP contribution >= 0.6 is 0 Å². The van der Waals surface area contributed by atoms with E-state index >= 15 is 0 Å². The minimum absolute atomic E-state index is 0.627. The van der Waals surface area contributed by atoms with Crippen molar-refractivity contribution in [2.45, 2.75) is 63.7 Å². The molecule has 2 aromatic carbocycles. The first-order chi connectivity index (χ1) is 14.6. The first kappa shape index (κ1) is 21.0. The third kappa shape index (κ3) is 4.91. The molecule has 1 atom stereocenters. The van der Waals surface area contributed by atoms with Crippen LogP contribution in [0.15, 0.2) is 66.8 Å². The number of hydrogen-bond acceptors (Lipinski definition) is 0. The van der Waals surface area contributed by atoms with Gasteiger partial charge >= 0.3 is 0 Å². The first-order valence-electron chi connectivity index (χ1n) is 11.5. The van der Waals surface area contributed by atoms with Crippen molar-refractivity contribution < 1.29 is 8.78 Å². The summed E-state index contributed by atoms with van der Waals surface area (Å²) in [5.74, 6) is 0.783. The lowest BCUT2D eigenvalue weighted by Gasteiger charge is -2.35. The molecule has 2 aromatic rings. The molecule has 0 aliphatic heterocycles. The Kier molecular flexibility index (Phi) is 6.82. The summed E-state index contributed by atoms with van der Waals surface area (Å²) in [6.45, 7) is 3.84. The summed E-state index contributed by atoms with van der Waals surface area (Å²) in [6, 6.07) is 12.6. The van der Waals surface area contributed by atoms with Crippen molar-refractivity contribution in [3.63, 3.8) is 0 Å². The van der Waals surface area contributed by atoms with E-state index in [9.17, 15) is 8.78 Å². The zero-order valence-corrected chi connectivity index (χ0v) is 17.8. The SMILES string of the molecule is C=CCCC1=CCC(C2CCC(c3ccc(-c4ccc(F)c(F)c4)cc3)CC2)CC1. The molecule has 0 saturated heterocycles. The van der Waals surface area contributed by atoms with Gasteiger partial charge in [0, 0.05) is 0 Å². The Morgan fingerprint density at radius 3 is 2.20 bits per heavy atom. The monoisotopic (exact) mass is 406 g/mol. The summed E-state index contributed by atoms with van der Waals surface area (Å²) in [4.78, 5) is 0. The molecule has 0 heterocycles. The molecule has 0 nitrogen and oxygen atoms in total. The summed E-state index contributed by atoms with van der Waals surface area (Å²) < 4.78 is 26.7. The Morgan fingerprint density at radius 1 is 0.833 bits per heavy atom. The molecular weight excluding hydrogens is 374 g/mol. The lowest BCUT2D eigenvalue weighted by molar-refractivity contribution is 0.217. The summed E-state index contributed by atoms with van der Waals surface area (Å²) >= 11 is 0. The van der Waals surface area contributed by atoms with Crippen molar-refractivity contribution >= 4 is 0 Å². The zero-order chi connectivity index (χ0) is 20.9. The average Bonchev–Trinajstić information content (AvgIpc) is 2.80. The van der Waals surface area contributed by atoms with E-state index < -0.39 is 11.6 Å². The van der Waals surface area contributed by atoms with Crippen molar-refractivity contribution in [2.24, 2.45) is 11.8 Å². The van der Waals surface area contributed by atoms with E-state index in [2.05, 4.69) is 24.8 Å². The topological polar surface area (TPSA) is 0 Å². The van der Waals surface area contributed by atoms with Crippen molar-refractivity contribution in [3.8, 4) is 11.1 Å². The van der Waals surface area contributed by atoms with Gasteiger partial charge in [0.15, 0.2) is 11.6 Å². The van der Waals surface area contributed by atoms with Crippen LogP contribution in [-0.2, 0) is 0 Å². The fraction of sp³-hybridized carbons (Fsp3) is 0.429. The van der Waals surface area contributed by atoms with Gasteiger partial charge in [0.05, 0.1) is 0 Å². The van der Waals surface area contributed by atoms with Crippen molar-refractivity contribution in [1.82, 2.24) is 0 Å². The molecule has 30 heavy (non-hydrogen) atoms. The second kappa shape index (κ2) is 9.73. The van der Waals surface area contributed by atoms with Crippen LogP contribution in [0.2, 0.25) is 0 Å². The minimum Gasteiger partial charge on any atom is -0.204 e. The van der Waals surface area contributed by atoms with Gasteiger partial charge in [0.2, 0.25) is 0 Å². The first-order valence-corrected chi connectivity index (χ1v) is 11.5. The van der Waals surface area contributed by atoms with Gasteiger partial charge in [-0.15, -0.1) is 6.58 Å². The highest BCUT2D eigenvalue weighted by Crippen LogP contribution is 2.43. The van der Waals surface area contributed by atoms with Gasteiger partial charge in [-0.05, 0) is 104 Å². The number of hydrogen-bond donors (Lipinski definition) is 0. The van der Waals surface area contributed by atoms with E-state index in [1.807, 2.05) is 18.2 Å². The van der Waals surface area contributed by atoms with Gasteiger partial charge < -0.3 is 0 Å². The van der Waals surface area contributed by atoms with Crippen LogP contribution in [0.1, 0.15) is 69.3 Å². The molecule has 1 unspecified atom stereocenters. The second-order valence-corrected chi connectivity index (χ2v) is 9.09. The fourth-order valence-electron chi connectivity index (χ4n) is 5.40. The van der Waals surface area contributed by atoms with Crippen LogP contribution in [0, 0.1) is 23.5 Å². The number of benzene rings is 2. The smallest absolute Gasteiger partial charge is 0.159 e. The van der Waals surface area contributed by atoms with E-state index in [0.29, 0.717) is 5.92 Å². The molecule has 1 saturated carbocycles. The third-order valence-electron chi connectivity index (χ3n) is 7.29. The lowest BCUT2D eigenvalue weighted by atomic mass is 9.70. The zero-order valence-electron chi connectivity index (χ0n) is 17.8. The van der Waals surface area contributed by atoms with Crippen LogP contribution < -0.4 is 0 Å². The molecule has 0 N–H and O–H groups in total. The minimum atomic E-state index is -0.798. The lowest BCUT2D eigenvalue weighted by Crippen LogP contribution is -2.22. The van der Waals surface area contributed by atoms with Crippen LogP contribution in [0.3, 0.4) is 0 Å². The summed E-state index contributed by atoms with van der Waals surface area (Å²) in [5, 5.41) is 0. The molecule has 1 fully saturated rings. The highest BCUT2D eigenvalue weighted by Gasteiger charge is 2.29. The van der Waals surface area contributed by atoms with Gasteiger partial charge in [-0.1, -0.05) is 48.1 Å². The van der Waals surface area contributed by atoms with Crippen LogP contribution in [-0.4, -0.2) is 0 Å². The Hall–Kier alpha value is -2.22. The van der Waals surface area contributed by atoms with Gasteiger partial charge in [0.1, 0.15) is 0 Å². The molecule has 0 radical (unpaired) electrons. The molecule has 0 amide bonds. The molecule has 0 aromatic heterocycles. The van der Waals surface area contributed by atoms with Gasteiger partial charge in [0.25, 0.3) is 0 Å². The highest BCUT2D eigenvalue weighted by atomic mass is 19.2. The predicted molar refractivity (Wildman–Crippen MR) is 121 cm³/mol. The van der Waals surface area contributed by atoms with E-state index in [1.165, 1.54) is 69.1 Å². The Labute approximate surface area is 179 Å². The van der Waals surface area contributed by atoms with E-state index in [1.54, 1.807) is 11.6 Å². The molecule has 158 valence electrons. The molecular formula is C28H32F2. The number of allylic oxidation sites excluding steroid dienone is 3. The average molecular weight is 407 g/mol.